The molecule has 0 radical (unpaired) electrons. The third kappa shape index (κ3) is 3.58. The second-order valence-corrected chi connectivity index (χ2v) is 6.31. The Hall–Kier alpha value is -0.500. The summed E-state index contributed by atoms with van der Waals surface area (Å²) in [6, 6.07) is 4.88. The van der Waals surface area contributed by atoms with Crippen LogP contribution in [-0.4, -0.2) is 30.1 Å². The number of halogens is 5. The third-order valence-corrected chi connectivity index (χ3v) is 4.95. The number of nitrogens with zero attached hydrogens (tertiary/aromatic N) is 1. The van der Waals surface area contributed by atoms with Gasteiger partial charge in [0.1, 0.15) is 0 Å². The van der Waals surface area contributed by atoms with E-state index in [9.17, 15) is 18.0 Å². The highest BCUT2D eigenvalue weighted by Crippen LogP contribution is 2.34. The van der Waals surface area contributed by atoms with Gasteiger partial charge in [0.15, 0.2) is 0 Å². The topological polar surface area (TPSA) is 20.3 Å². The largest absolute Gasteiger partial charge is 0.391 e. The quantitative estimate of drug-likeness (QED) is 0.622. The van der Waals surface area contributed by atoms with Crippen molar-refractivity contribution in [3.8, 4) is 0 Å². The van der Waals surface area contributed by atoms with Crippen molar-refractivity contribution in [2.24, 2.45) is 5.92 Å². The van der Waals surface area contributed by atoms with Gasteiger partial charge in [-0.2, -0.15) is 13.2 Å². The molecular formula is C13H12ClF3INO. The van der Waals surface area contributed by atoms with E-state index in [4.69, 9.17) is 11.6 Å². The lowest BCUT2D eigenvalue weighted by Crippen LogP contribution is -2.42. The average molecular weight is 418 g/mol. The Bertz CT molecular complexity index is 513. The van der Waals surface area contributed by atoms with Gasteiger partial charge in [-0.05, 0) is 53.6 Å². The summed E-state index contributed by atoms with van der Waals surface area (Å²) in [6.45, 7) is 0.282. The summed E-state index contributed by atoms with van der Waals surface area (Å²) >= 11 is 7.90. The lowest BCUT2D eigenvalue weighted by atomic mass is 9.96. The summed E-state index contributed by atoms with van der Waals surface area (Å²) < 4.78 is 38.5. The van der Waals surface area contributed by atoms with Crippen LogP contribution < -0.4 is 0 Å². The predicted molar refractivity (Wildman–Crippen MR) is 78.9 cm³/mol. The van der Waals surface area contributed by atoms with Crippen LogP contribution in [0.2, 0.25) is 5.02 Å². The summed E-state index contributed by atoms with van der Waals surface area (Å²) in [4.78, 5) is 13.7. The minimum Gasteiger partial charge on any atom is -0.339 e. The molecular weight excluding hydrogens is 406 g/mol. The maximum atomic E-state index is 12.6. The van der Waals surface area contributed by atoms with Gasteiger partial charge in [0.25, 0.3) is 5.91 Å². The fraction of sp³-hybridized carbons (Fsp3) is 0.462. The maximum absolute atomic E-state index is 12.6. The number of piperidine rings is 1. The number of carbonyl (C=O) groups is 1. The molecule has 0 saturated carbocycles. The number of rotatable bonds is 1. The van der Waals surface area contributed by atoms with Crippen molar-refractivity contribution in [2.45, 2.75) is 19.0 Å². The molecule has 0 spiro atoms. The molecule has 1 aromatic carbocycles. The monoisotopic (exact) mass is 417 g/mol. The highest BCUT2D eigenvalue weighted by atomic mass is 127. The van der Waals surface area contributed by atoms with E-state index in [2.05, 4.69) is 0 Å². The van der Waals surface area contributed by atoms with Crippen molar-refractivity contribution in [3.63, 3.8) is 0 Å². The van der Waals surface area contributed by atoms with Crippen molar-refractivity contribution in [1.82, 2.24) is 4.90 Å². The highest BCUT2D eigenvalue weighted by molar-refractivity contribution is 14.1. The van der Waals surface area contributed by atoms with Crippen LogP contribution in [0.25, 0.3) is 0 Å². The summed E-state index contributed by atoms with van der Waals surface area (Å²) in [6.07, 6.45) is -4.22. The van der Waals surface area contributed by atoms with E-state index in [1.807, 2.05) is 22.6 Å². The average Bonchev–Trinajstić information content (AvgIpc) is 2.40. The molecule has 2 nitrogen and oxygen atoms in total. The molecule has 0 atom stereocenters. The maximum Gasteiger partial charge on any atom is 0.391 e. The molecule has 7 heteroatoms. The Morgan fingerprint density at radius 3 is 2.40 bits per heavy atom. The van der Waals surface area contributed by atoms with E-state index in [-0.39, 0.29) is 31.8 Å². The second kappa shape index (κ2) is 6.09. The summed E-state index contributed by atoms with van der Waals surface area (Å²) in [5.74, 6) is -1.53. The summed E-state index contributed by atoms with van der Waals surface area (Å²) in [5.41, 5.74) is 0.462. The molecule has 0 N–H and O–H groups in total. The molecule has 2 rings (SSSR count). The zero-order chi connectivity index (χ0) is 14.9. The standard InChI is InChI=1S/C13H12ClF3INO/c14-10-2-1-8(7-11(10)18)12(20)19-5-3-9(4-6-19)13(15,16)17/h1-2,7,9H,3-6H2. The molecule has 1 saturated heterocycles. The zero-order valence-electron chi connectivity index (χ0n) is 10.4. The smallest absolute Gasteiger partial charge is 0.339 e. The molecule has 1 aromatic rings. The van der Waals surface area contributed by atoms with Crippen LogP contribution in [-0.2, 0) is 0 Å². The van der Waals surface area contributed by atoms with Crippen LogP contribution in [0.5, 0.6) is 0 Å². The number of hydrogen-bond donors (Lipinski definition) is 0. The van der Waals surface area contributed by atoms with Gasteiger partial charge < -0.3 is 4.90 Å². The summed E-state index contributed by atoms with van der Waals surface area (Å²) in [7, 11) is 0. The minimum absolute atomic E-state index is 0.0279. The Kier molecular flexibility index (Phi) is 4.84. The Balaban J connectivity index is 2.03. The first-order valence-corrected chi connectivity index (χ1v) is 7.56. The first-order chi connectivity index (χ1) is 9.29. The molecule has 1 heterocycles. The van der Waals surface area contributed by atoms with E-state index in [1.54, 1.807) is 18.2 Å². The van der Waals surface area contributed by atoms with E-state index >= 15 is 0 Å². The van der Waals surface area contributed by atoms with Gasteiger partial charge in [-0.1, -0.05) is 11.6 Å². The molecule has 0 bridgehead atoms. The molecule has 1 aliphatic rings. The number of carbonyl (C=O) groups excluding carboxylic acids is 1. The molecule has 0 aromatic heterocycles. The normalized spacial score (nSPS) is 17.4. The van der Waals surface area contributed by atoms with Gasteiger partial charge in [0, 0.05) is 22.2 Å². The molecule has 1 fully saturated rings. The van der Waals surface area contributed by atoms with E-state index < -0.39 is 12.1 Å². The zero-order valence-corrected chi connectivity index (χ0v) is 13.3. The van der Waals surface area contributed by atoms with Gasteiger partial charge >= 0.3 is 6.18 Å². The lowest BCUT2D eigenvalue weighted by molar-refractivity contribution is -0.183. The van der Waals surface area contributed by atoms with Gasteiger partial charge in [-0.15, -0.1) is 0 Å². The second-order valence-electron chi connectivity index (χ2n) is 4.74. The highest BCUT2D eigenvalue weighted by Gasteiger charge is 2.41. The summed E-state index contributed by atoms with van der Waals surface area (Å²) in [5, 5.41) is 0.554. The molecule has 1 aliphatic heterocycles. The Morgan fingerprint density at radius 2 is 1.90 bits per heavy atom. The number of benzene rings is 1. The first kappa shape index (κ1) is 15.9. The van der Waals surface area contributed by atoms with E-state index in [1.165, 1.54) is 4.90 Å². The van der Waals surface area contributed by atoms with Crippen LogP contribution in [0.4, 0.5) is 13.2 Å². The Morgan fingerprint density at radius 1 is 1.30 bits per heavy atom. The fourth-order valence-corrected chi connectivity index (χ4v) is 2.85. The predicted octanol–water partition coefficient (Wildman–Crippen LogP) is 4.36. The number of hydrogen-bond acceptors (Lipinski definition) is 1. The van der Waals surface area contributed by atoms with Gasteiger partial charge in [0.05, 0.1) is 10.9 Å². The van der Waals surface area contributed by atoms with Crippen molar-refractivity contribution in [2.75, 3.05) is 13.1 Å². The van der Waals surface area contributed by atoms with Crippen molar-refractivity contribution in [1.29, 1.82) is 0 Å². The molecule has 110 valence electrons. The number of likely N-dealkylation sites (tertiary alicyclic amines) is 1. The molecule has 20 heavy (non-hydrogen) atoms. The molecule has 1 amide bonds. The first-order valence-electron chi connectivity index (χ1n) is 6.10. The number of amides is 1. The molecule has 0 unspecified atom stereocenters. The van der Waals surface area contributed by atoms with Gasteiger partial charge in [-0.25, -0.2) is 0 Å². The van der Waals surface area contributed by atoms with Crippen LogP contribution >= 0.6 is 34.2 Å². The van der Waals surface area contributed by atoms with Crippen LogP contribution in [0, 0.1) is 9.49 Å². The van der Waals surface area contributed by atoms with Crippen LogP contribution in [0.3, 0.4) is 0 Å². The van der Waals surface area contributed by atoms with E-state index in [0.29, 0.717) is 10.6 Å². The lowest BCUT2D eigenvalue weighted by Gasteiger charge is -2.33. The fourth-order valence-electron chi connectivity index (χ4n) is 2.22. The van der Waals surface area contributed by atoms with Crippen molar-refractivity contribution < 1.29 is 18.0 Å². The minimum atomic E-state index is -4.16. The van der Waals surface area contributed by atoms with Crippen molar-refractivity contribution in [3.05, 3.63) is 32.4 Å². The van der Waals surface area contributed by atoms with Crippen LogP contribution in [0.1, 0.15) is 23.2 Å². The Labute approximate surface area is 133 Å². The van der Waals surface area contributed by atoms with E-state index in [0.717, 1.165) is 3.57 Å². The molecule has 0 aliphatic carbocycles. The van der Waals surface area contributed by atoms with Gasteiger partial charge in [-0.3, -0.25) is 4.79 Å². The number of alkyl halides is 3. The third-order valence-electron chi connectivity index (χ3n) is 3.41. The van der Waals surface area contributed by atoms with Crippen LogP contribution in [0.15, 0.2) is 18.2 Å². The van der Waals surface area contributed by atoms with Gasteiger partial charge in [0.2, 0.25) is 0 Å². The SMILES string of the molecule is O=C(c1ccc(Cl)c(I)c1)N1CCC(C(F)(F)F)CC1. The van der Waals surface area contributed by atoms with Crippen molar-refractivity contribution >= 4 is 40.1 Å².